The van der Waals surface area contributed by atoms with Gasteiger partial charge in [-0.25, -0.2) is 9.37 Å². The lowest BCUT2D eigenvalue weighted by Gasteiger charge is -2.18. The Balaban J connectivity index is 1.89. The van der Waals surface area contributed by atoms with Gasteiger partial charge in [0.2, 0.25) is 5.78 Å². The van der Waals surface area contributed by atoms with Crippen molar-refractivity contribution in [3.63, 3.8) is 0 Å². The molecular formula is C20H14ClFN4O2. The standard InChI is InChI=1S/C20H14ClFN4O2/c1-25(15-8-4-13(21)5-9-15)19(28)18-17(12-2-6-14(22)7-3-12)24-20-23-16(27)10-11-26(18)20/h2-11H,1H3,(H,23,24,27). The van der Waals surface area contributed by atoms with Crippen LogP contribution >= 0.6 is 11.6 Å². The largest absolute Gasteiger partial charge is 0.310 e. The number of hydrogen-bond acceptors (Lipinski definition) is 3. The smallest absolute Gasteiger partial charge is 0.277 e. The highest BCUT2D eigenvalue weighted by atomic mass is 35.5. The minimum atomic E-state index is -0.396. The van der Waals surface area contributed by atoms with E-state index >= 15 is 0 Å². The zero-order valence-corrected chi connectivity index (χ0v) is 15.4. The number of carbonyl (C=O) groups excluding carboxylic acids is 1. The van der Waals surface area contributed by atoms with E-state index < -0.39 is 5.82 Å². The highest BCUT2D eigenvalue weighted by Gasteiger charge is 2.24. The number of carbonyl (C=O) groups is 1. The topological polar surface area (TPSA) is 70.5 Å². The minimum Gasteiger partial charge on any atom is -0.310 e. The first-order chi connectivity index (χ1) is 13.4. The third-order valence-electron chi connectivity index (χ3n) is 4.36. The van der Waals surface area contributed by atoms with Gasteiger partial charge in [0, 0.05) is 35.6 Å². The van der Waals surface area contributed by atoms with Crippen molar-refractivity contribution in [3.8, 4) is 11.3 Å². The Morgan fingerprint density at radius 3 is 2.46 bits per heavy atom. The normalized spacial score (nSPS) is 11.0. The van der Waals surface area contributed by atoms with Crippen LogP contribution < -0.4 is 10.5 Å². The summed E-state index contributed by atoms with van der Waals surface area (Å²) >= 11 is 5.92. The Morgan fingerprint density at radius 1 is 1.11 bits per heavy atom. The molecule has 140 valence electrons. The first-order valence-electron chi connectivity index (χ1n) is 8.35. The van der Waals surface area contributed by atoms with Crippen LogP contribution in [0, 0.1) is 5.82 Å². The van der Waals surface area contributed by atoms with E-state index in [0.29, 0.717) is 22.0 Å². The highest BCUT2D eigenvalue weighted by molar-refractivity contribution is 6.30. The fraction of sp³-hybridized carbons (Fsp3) is 0.0500. The summed E-state index contributed by atoms with van der Waals surface area (Å²) in [5.41, 5.74) is 1.44. The number of imidazole rings is 1. The van der Waals surface area contributed by atoms with Crippen LogP contribution in [0.25, 0.3) is 17.0 Å². The first-order valence-corrected chi connectivity index (χ1v) is 8.73. The molecule has 2 aromatic heterocycles. The molecule has 0 fully saturated rings. The molecule has 0 radical (unpaired) electrons. The lowest BCUT2D eigenvalue weighted by molar-refractivity contribution is 0.0988. The molecule has 1 amide bonds. The number of nitrogens with one attached hydrogen (secondary N) is 1. The number of halogens is 2. The van der Waals surface area contributed by atoms with Crippen molar-refractivity contribution in [1.29, 1.82) is 0 Å². The second-order valence-electron chi connectivity index (χ2n) is 6.16. The summed E-state index contributed by atoms with van der Waals surface area (Å²) in [5, 5.41) is 0.559. The van der Waals surface area contributed by atoms with Crippen LogP contribution in [0.1, 0.15) is 10.5 Å². The predicted molar refractivity (Wildman–Crippen MR) is 105 cm³/mol. The third-order valence-corrected chi connectivity index (χ3v) is 4.61. The average Bonchev–Trinajstić information content (AvgIpc) is 3.06. The van der Waals surface area contributed by atoms with Crippen molar-refractivity contribution in [3.05, 3.63) is 87.7 Å². The van der Waals surface area contributed by atoms with Crippen molar-refractivity contribution in [1.82, 2.24) is 14.4 Å². The Morgan fingerprint density at radius 2 is 1.79 bits per heavy atom. The van der Waals surface area contributed by atoms with Gasteiger partial charge in [0.25, 0.3) is 11.5 Å². The fourth-order valence-electron chi connectivity index (χ4n) is 2.91. The average molecular weight is 397 g/mol. The summed E-state index contributed by atoms with van der Waals surface area (Å²) in [6, 6.07) is 13.8. The number of amides is 1. The Bertz CT molecular complexity index is 1230. The van der Waals surface area contributed by atoms with Crippen molar-refractivity contribution >= 4 is 29.0 Å². The maximum atomic E-state index is 13.3. The van der Waals surface area contributed by atoms with Gasteiger partial charge in [0.1, 0.15) is 17.2 Å². The van der Waals surface area contributed by atoms with E-state index in [9.17, 15) is 14.0 Å². The molecule has 2 heterocycles. The van der Waals surface area contributed by atoms with Crippen LogP contribution in [-0.2, 0) is 0 Å². The molecule has 0 bridgehead atoms. The Hall–Kier alpha value is -3.45. The molecule has 0 aliphatic rings. The molecule has 4 aromatic rings. The van der Waals surface area contributed by atoms with E-state index in [1.165, 1.54) is 45.8 Å². The maximum Gasteiger partial charge on any atom is 0.277 e. The Kier molecular flexibility index (Phi) is 4.44. The number of benzene rings is 2. The maximum absolute atomic E-state index is 13.3. The Labute approximate surface area is 163 Å². The van der Waals surface area contributed by atoms with Gasteiger partial charge in [-0.2, -0.15) is 0 Å². The number of rotatable bonds is 3. The van der Waals surface area contributed by atoms with E-state index in [4.69, 9.17) is 11.6 Å². The third kappa shape index (κ3) is 3.16. The van der Waals surface area contributed by atoms with Crippen molar-refractivity contribution in [2.45, 2.75) is 0 Å². The SMILES string of the molecule is CN(C(=O)c1c(-c2ccc(F)cc2)nc2[nH]c(=O)ccn12)c1ccc(Cl)cc1. The number of hydrogen-bond donors (Lipinski definition) is 1. The van der Waals surface area contributed by atoms with Gasteiger partial charge in [-0.05, 0) is 48.5 Å². The highest BCUT2D eigenvalue weighted by Crippen LogP contribution is 2.27. The van der Waals surface area contributed by atoms with Crippen molar-refractivity contribution in [2.24, 2.45) is 0 Å². The summed E-state index contributed by atoms with van der Waals surface area (Å²) in [5.74, 6) is -0.520. The van der Waals surface area contributed by atoms with Crippen LogP contribution in [0.5, 0.6) is 0 Å². The van der Waals surface area contributed by atoms with E-state index in [1.54, 1.807) is 31.3 Å². The lowest BCUT2D eigenvalue weighted by Crippen LogP contribution is -2.28. The van der Waals surface area contributed by atoms with Gasteiger partial charge < -0.3 is 4.90 Å². The molecule has 8 heteroatoms. The molecule has 28 heavy (non-hydrogen) atoms. The summed E-state index contributed by atoms with van der Waals surface area (Å²) in [6.45, 7) is 0. The molecule has 0 atom stereocenters. The second kappa shape index (κ2) is 6.94. The zero-order chi connectivity index (χ0) is 19.8. The number of fused-ring (bicyclic) bond motifs is 1. The van der Waals surface area contributed by atoms with E-state index in [-0.39, 0.29) is 22.9 Å². The van der Waals surface area contributed by atoms with E-state index in [1.807, 2.05) is 0 Å². The summed E-state index contributed by atoms with van der Waals surface area (Å²) < 4.78 is 14.9. The van der Waals surface area contributed by atoms with Crippen LogP contribution in [0.2, 0.25) is 5.02 Å². The molecule has 2 aromatic carbocycles. The van der Waals surface area contributed by atoms with Gasteiger partial charge in [-0.15, -0.1) is 0 Å². The number of aromatic nitrogens is 3. The van der Waals surface area contributed by atoms with E-state index in [2.05, 4.69) is 9.97 Å². The van der Waals surface area contributed by atoms with Crippen molar-refractivity contribution in [2.75, 3.05) is 11.9 Å². The molecule has 4 rings (SSSR count). The predicted octanol–water partition coefficient (Wildman–Crippen LogP) is 3.76. The van der Waals surface area contributed by atoms with Crippen molar-refractivity contribution < 1.29 is 9.18 Å². The summed E-state index contributed by atoms with van der Waals surface area (Å²) in [6.07, 6.45) is 1.48. The second-order valence-corrected chi connectivity index (χ2v) is 6.59. The fourth-order valence-corrected chi connectivity index (χ4v) is 3.04. The van der Waals surface area contributed by atoms with Gasteiger partial charge in [-0.1, -0.05) is 11.6 Å². The summed E-state index contributed by atoms with van der Waals surface area (Å²) in [4.78, 5) is 33.5. The molecule has 0 aliphatic heterocycles. The van der Waals surface area contributed by atoms with Gasteiger partial charge >= 0.3 is 0 Å². The summed E-state index contributed by atoms with van der Waals surface area (Å²) in [7, 11) is 1.63. The molecule has 0 saturated heterocycles. The monoisotopic (exact) mass is 396 g/mol. The molecule has 6 nitrogen and oxygen atoms in total. The molecule has 0 aliphatic carbocycles. The molecular weight excluding hydrogens is 383 g/mol. The number of H-pyrrole nitrogens is 1. The van der Waals surface area contributed by atoms with Gasteiger partial charge in [-0.3, -0.25) is 19.0 Å². The number of nitrogens with zero attached hydrogens (tertiary/aromatic N) is 3. The van der Waals surface area contributed by atoms with Gasteiger partial charge in [0.15, 0.2) is 0 Å². The van der Waals surface area contributed by atoms with Crippen LogP contribution in [-0.4, -0.2) is 27.3 Å². The molecule has 1 N–H and O–H groups in total. The quantitative estimate of drug-likeness (QED) is 0.573. The molecule has 0 unspecified atom stereocenters. The number of aromatic amines is 1. The molecule has 0 spiro atoms. The van der Waals surface area contributed by atoms with Crippen LogP contribution in [0.3, 0.4) is 0 Å². The number of anilines is 1. The lowest BCUT2D eigenvalue weighted by atomic mass is 10.1. The van der Waals surface area contributed by atoms with E-state index in [0.717, 1.165) is 0 Å². The minimum absolute atomic E-state index is 0.222. The van der Waals surface area contributed by atoms with Crippen LogP contribution in [0.4, 0.5) is 10.1 Å². The first kappa shape index (κ1) is 17.9. The van der Waals surface area contributed by atoms with Gasteiger partial charge in [0.05, 0.1) is 0 Å². The molecule has 0 saturated carbocycles. The van der Waals surface area contributed by atoms with Crippen LogP contribution in [0.15, 0.2) is 65.6 Å². The zero-order valence-electron chi connectivity index (χ0n) is 14.7.